The predicted molar refractivity (Wildman–Crippen MR) is 56.0 cm³/mol. The summed E-state index contributed by atoms with van der Waals surface area (Å²) < 4.78 is 37.4. The first-order valence-electron chi connectivity index (χ1n) is 5.48. The highest BCUT2D eigenvalue weighted by Crippen LogP contribution is 2.51. The molecule has 0 radical (unpaired) electrons. The van der Waals surface area contributed by atoms with E-state index in [1.165, 1.54) is 0 Å². The number of hydrogen-bond acceptors (Lipinski definition) is 4. The quantitative estimate of drug-likeness (QED) is 0.557. The first-order valence-corrected chi connectivity index (χ1v) is 6.92. The van der Waals surface area contributed by atoms with Gasteiger partial charge in [0, 0.05) is 12.3 Å². The van der Waals surface area contributed by atoms with Crippen molar-refractivity contribution < 1.29 is 22.5 Å². The molecule has 0 aromatic heterocycles. The van der Waals surface area contributed by atoms with Gasteiger partial charge in [-0.1, -0.05) is 20.3 Å². The molecule has 5 nitrogen and oxygen atoms in total. The summed E-state index contributed by atoms with van der Waals surface area (Å²) in [6.45, 7) is 3.57. The zero-order valence-electron chi connectivity index (χ0n) is 9.34. The number of carbonyl (C=O) groups excluding carboxylic acids is 1. The van der Waals surface area contributed by atoms with Crippen LogP contribution >= 0.6 is 0 Å². The van der Waals surface area contributed by atoms with Gasteiger partial charge in [0.05, 0.1) is 5.92 Å². The number of rotatable bonds is 1. The Balaban J connectivity index is 2.48. The molecular weight excluding hydrogens is 232 g/mol. The third kappa shape index (κ3) is 1.47. The van der Waals surface area contributed by atoms with Crippen molar-refractivity contribution in [3.8, 4) is 0 Å². The Bertz CT molecular complexity index is 415. The van der Waals surface area contributed by atoms with Gasteiger partial charge in [0.25, 0.3) is 0 Å². The second-order valence-electron chi connectivity index (χ2n) is 4.99. The van der Waals surface area contributed by atoms with Gasteiger partial charge in [0.2, 0.25) is 4.93 Å². The molecule has 92 valence electrons. The first-order chi connectivity index (χ1) is 7.28. The molecule has 1 heterocycles. The van der Waals surface area contributed by atoms with Gasteiger partial charge in [-0.25, -0.2) is 0 Å². The van der Waals surface area contributed by atoms with Crippen LogP contribution in [0.5, 0.6) is 0 Å². The fraction of sp³-hybridized carbons (Fsp3) is 0.900. The largest absolute Gasteiger partial charge is 0.439 e. The van der Waals surface area contributed by atoms with Crippen LogP contribution in [-0.4, -0.2) is 23.9 Å². The number of ether oxygens (including phenoxy) is 1. The second kappa shape index (κ2) is 3.43. The minimum atomic E-state index is -4.37. The molecule has 0 spiro atoms. The van der Waals surface area contributed by atoms with Gasteiger partial charge in [-0.2, -0.15) is 8.42 Å². The lowest BCUT2D eigenvalue weighted by molar-refractivity contribution is -0.147. The molecule has 6 heteroatoms. The van der Waals surface area contributed by atoms with Gasteiger partial charge in [-0.3, -0.25) is 9.35 Å². The van der Waals surface area contributed by atoms with E-state index in [2.05, 4.69) is 0 Å². The molecule has 1 aliphatic heterocycles. The van der Waals surface area contributed by atoms with E-state index in [0.29, 0.717) is 6.42 Å². The van der Waals surface area contributed by atoms with Crippen LogP contribution in [-0.2, 0) is 19.6 Å². The maximum Gasteiger partial charge on any atom is 0.310 e. The summed E-state index contributed by atoms with van der Waals surface area (Å²) in [5.41, 5.74) is 0. The van der Waals surface area contributed by atoms with E-state index in [1.54, 1.807) is 6.92 Å². The summed E-state index contributed by atoms with van der Waals surface area (Å²) >= 11 is 0. The van der Waals surface area contributed by atoms with Crippen molar-refractivity contribution in [1.29, 1.82) is 0 Å². The lowest BCUT2D eigenvalue weighted by Gasteiger charge is -2.37. The lowest BCUT2D eigenvalue weighted by Crippen LogP contribution is -2.48. The van der Waals surface area contributed by atoms with Crippen LogP contribution < -0.4 is 0 Å². The Hall–Kier alpha value is -0.620. The van der Waals surface area contributed by atoms with Crippen LogP contribution in [0.25, 0.3) is 0 Å². The summed E-state index contributed by atoms with van der Waals surface area (Å²) in [4.78, 5) is 9.82. The van der Waals surface area contributed by atoms with E-state index in [9.17, 15) is 17.8 Å². The topological polar surface area (TPSA) is 80.7 Å². The van der Waals surface area contributed by atoms with Gasteiger partial charge in [-0.15, -0.1) is 0 Å². The fourth-order valence-electron chi connectivity index (χ4n) is 2.95. The highest BCUT2D eigenvalue weighted by Gasteiger charge is 2.63. The average Bonchev–Trinajstić information content (AvgIpc) is 2.39. The third-order valence-corrected chi connectivity index (χ3v) is 5.28. The van der Waals surface area contributed by atoms with Crippen LogP contribution in [0.15, 0.2) is 0 Å². The Morgan fingerprint density at radius 1 is 1.38 bits per heavy atom. The molecule has 4 unspecified atom stereocenters. The molecule has 2 fully saturated rings. The number of carbonyl (C=O) groups is 1. The summed E-state index contributed by atoms with van der Waals surface area (Å²) in [7, 11) is -4.37. The van der Waals surface area contributed by atoms with Crippen molar-refractivity contribution >= 4 is 16.1 Å². The number of hydrogen-bond donors (Lipinski definition) is 1. The highest BCUT2D eigenvalue weighted by atomic mass is 32.2. The molecule has 0 bridgehead atoms. The molecule has 0 aromatic rings. The van der Waals surface area contributed by atoms with Crippen molar-refractivity contribution in [2.45, 2.75) is 38.0 Å². The van der Waals surface area contributed by atoms with Crippen molar-refractivity contribution in [1.82, 2.24) is 0 Å². The predicted octanol–water partition coefficient (Wildman–Crippen LogP) is 1.20. The SMILES string of the molecule is CC1CCC2C(C)C(=O)OC2(S(=O)(=O)O)C1. The van der Waals surface area contributed by atoms with Gasteiger partial charge in [-0.05, 0) is 12.3 Å². The standard InChI is InChI=1S/C10H16O5S/c1-6-3-4-8-7(2)9(11)15-10(8,5-6)16(12,13)14/h6-8H,3-5H2,1-2H3,(H,12,13,14). The molecule has 2 aliphatic rings. The molecule has 16 heavy (non-hydrogen) atoms. The smallest absolute Gasteiger partial charge is 0.310 e. The van der Waals surface area contributed by atoms with E-state index < -0.39 is 32.9 Å². The summed E-state index contributed by atoms with van der Waals surface area (Å²) in [5, 5.41) is 0. The van der Waals surface area contributed by atoms with E-state index in [4.69, 9.17) is 4.74 Å². The number of esters is 1. The highest BCUT2D eigenvalue weighted by molar-refractivity contribution is 7.87. The molecule has 1 aliphatic carbocycles. The van der Waals surface area contributed by atoms with E-state index in [0.717, 1.165) is 6.42 Å². The normalized spacial score (nSPS) is 43.9. The minimum Gasteiger partial charge on any atom is -0.439 e. The molecule has 1 saturated carbocycles. The molecule has 4 atom stereocenters. The Labute approximate surface area is 94.9 Å². The number of fused-ring (bicyclic) bond motifs is 1. The van der Waals surface area contributed by atoms with E-state index in [-0.39, 0.29) is 12.3 Å². The van der Waals surface area contributed by atoms with Crippen LogP contribution in [0, 0.1) is 17.8 Å². The average molecular weight is 248 g/mol. The Morgan fingerprint density at radius 2 is 2.00 bits per heavy atom. The summed E-state index contributed by atoms with van der Waals surface area (Å²) in [6, 6.07) is 0. The van der Waals surface area contributed by atoms with E-state index in [1.807, 2.05) is 6.92 Å². The summed E-state index contributed by atoms with van der Waals surface area (Å²) in [6.07, 6.45) is 1.67. The van der Waals surface area contributed by atoms with Crippen molar-refractivity contribution in [2.75, 3.05) is 0 Å². The molecule has 1 saturated heterocycles. The lowest BCUT2D eigenvalue weighted by atomic mass is 9.76. The zero-order valence-corrected chi connectivity index (χ0v) is 10.2. The van der Waals surface area contributed by atoms with Crippen molar-refractivity contribution in [2.24, 2.45) is 17.8 Å². The molecule has 2 rings (SSSR count). The Kier molecular flexibility index (Phi) is 2.54. The van der Waals surface area contributed by atoms with E-state index >= 15 is 0 Å². The van der Waals surface area contributed by atoms with Gasteiger partial charge in [0.15, 0.2) is 0 Å². The Morgan fingerprint density at radius 3 is 2.56 bits per heavy atom. The van der Waals surface area contributed by atoms with Crippen molar-refractivity contribution in [3.63, 3.8) is 0 Å². The maximum atomic E-state index is 11.5. The molecular formula is C10H16O5S. The van der Waals surface area contributed by atoms with Crippen LogP contribution in [0.1, 0.15) is 33.1 Å². The van der Waals surface area contributed by atoms with Crippen LogP contribution in [0.3, 0.4) is 0 Å². The fourth-order valence-corrected chi connectivity index (χ4v) is 4.34. The zero-order chi connectivity index (χ0) is 12.1. The third-order valence-electron chi connectivity index (χ3n) is 3.85. The molecule has 1 N–H and O–H groups in total. The van der Waals surface area contributed by atoms with Crippen molar-refractivity contribution in [3.05, 3.63) is 0 Å². The second-order valence-corrected chi connectivity index (χ2v) is 6.63. The van der Waals surface area contributed by atoms with Gasteiger partial charge in [0.1, 0.15) is 0 Å². The van der Waals surface area contributed by atoms with Gasteiger partial charge >= 0.3 is 16.1 Å². The van der Waals surface area contributed by atoms with Crippen LogP contribution in [0.4, 0.5) is 0 Å². The minimum absolute atomic E-state index is 0.135. The summed E-state index contributed by atoms with van der Waals surface area (Å²) in [5.74, 6) is -1.24. The molecule has 0 amide bonds. The first kappa shape index (κ1) is 11.9. The monoisotopic (exact) mass is 248 g/mol. The van der Waals surface area contributed by atoms with Crippen LogP contribution in [0.2, 0.25) is 0 Å². The maximum absolute atomic E-state index is 11.5. The molecule has 0 aromatic carbocycles. The van der Waals surface area contributed by atoms with Gasteiger partial charge < -0.3 is 4.74 Å².